The summed E-state index contributed by atoms with van der Waals surface area (Å²) in [4.78, 5) is 0. The number of benzene rings is 2. The van der Waals surface area contributed by atoms with Gasteiger partial charge >= 0.3 is 0 Å². The molecule has 0 amide bonds. The van der Waals surface area contributed by atoms with Gasteiger partial charge in [-0.2, -0.15) is 0 Å². The molecule has 0 heterocycles. The van der Waals surface area contributed by atoms with E-state index in [9.17, 15) is 0 Å². The van der Waals surface area contributed by atoms with E-state index in [1.807, 2.05) is 18.2 Å². The lowest BCUT2D eigenvalue weighted by molar-refractivity contribution is 1.30. The van der Waals surface area contributed by atoms with Crippen molar-refractivity contribution >= 4 is 27.7 Å². The second-order valence-corrected chi connectivity index (χ2v) is 5.07. The first kappa shape index (κ1) is 12.9. The van der Waals surface area contributed by atoms with E-state index in [1.54, 1.807) is 0 Å². The minimum atomic E-state index is 0.831. The van der Waals surface area contributed by atoms with E-state index in [2.05, 4.69) is 70.7 Å². The molecule has 0 aliphatic heterocycles. The van der Waals surface area contributed by atoms with E-state index in [4.69, 9.17) is 0 Å². The maximum absolute atomic E-state index is 3.47. The van der Waals surface area contributed by atoms with Crippen LogP contribution in [0.4, 0.5) is 5.69 Å². The number of hydrogen-bond acceptors (Lipinski definition) is 1. The summed E-state index contributed by atoms with van der Waals surface area (Å²) in [6.45, 7) is 2.94. The quantitative estimate of drug-likeness (QED) is 0.848. The van der Waals surface area contributed by atoms with Crippen LogP contribution in [0.1, 0.15) is 11.1 Å². The first-order chi connectivity index (χ1) is 8.75. The molecule has 0 saturated heterocycles. The zero-order valence-electron chi connectivity index (χ0n) is 10.4. The van der Waals surface area contributed by atoms with Gasteiger partial charge in [0.15, 0.2) is 0 Å². The summed E-state index contributed by atoms with van der Waals surface area (Å²) in [5.41, 5.74) is 3.65. The second-order valence-electron chi connectivity index (χ2n) is 4.15. The lowest BCUT2D eigenvalue weighted by Crippen LogP contribution is -1.99. The number of hydrogen-bond donors (Lipinski definition) is 1. The Morgan fingerprint density at radius 1 is 1.11 bits per heavy atom. The highest BCUT2D eigenvalue weighted by Gasteiger charge is 1.96. The number of aryl methyl sites for hydroxylation is 1. The Labute approximate surface area is 117 Å². The first-order valence-electron chi connectivity index (χ1n) is 5.97. The van der Waals surface area contributed by atoms with Gasteiger partial charge < -0.3 is 5.32 Å². The maximum Gasteiger partial charge on any atom is 0.0373 e. The van der Waals surface area contributed by atoms with Crippen molar-refractivity contribution in [3.8, 4) is 0 Å². The zero-order valence-corrected chi connectivity index (χ0v) is 11.9. The second kappa shape index (κ2) is 6.41. The largest absolute Gasteiger partial charge is 0.381 e. The molecule has 0 unspecified atom stereocenters. The summed E-state index contributed by atoms with van der Waals surface area (Å²) >= 11 is 3.47. The Bertz CT molecular complexity index is 532. The highest BCUT2D eigenvalue weighted by molar-refractivity contribution is 9.10. The van der Waals surface area contributed by atoms with Gasteiger partial charge in [-0.15, -0.1) is 0 Å². The van der Waals surface area contributed by atoms with Gasteiger partial charge in [0, 0.05) is 16.7 Å². The topological polar surface area (TPSA) is 12.0 Å². The molecule has 92 valence electrons. The van der Waals surface area contributed by atoms with Gasteiger partial charge in [0.25, 0.3) is 0 Å². The lowest BCUT2D eigenvalue weighted by atomic mass is 10.2. The average Bonchev–Trinajstić information content (AvgIpc) is 2.38. The predicted molar refractivity (Wildman–Crippen MR) is 82.8 cm³/mol. The predicted octanol–water partition coefficient (Wildman–Crippen LogP) is 4.88. The molecule has 2 heteroatoms. The van der Waals surface area contributed by atoms with Crippen LogP contribution < -0.4 is 5.32 Å². The van der Waals surface area contributed by atoms with Crippen LogP contribution >= 0.6 is 15.9 Å². The Kier molecular flexibility index (Phi) is 4.59. The summed E-state index contributed by atoms with van der Waals surface area (Å²) in [5.74, 6) is 0. The van der Waals surface area contributed by atoms with Crippen LogP contribution in [-0.2, 0) is 0 Å². The van der Waals surface area contributed by atoms with Gasteiger partial charge in [-0.05, 0) is 36.2 Å². The highest BCUT2D eigenvalue weighted by atomic mass is 79.9. The van der Waals surface area contributed by atoms with Crippen LogP contribution in [0.3, 0.4) is 0 Å². The van der Waals surface area contributed by atoms with Crippen molar-refractivity contribution in [1.82, 2.24) is 0 Å². The third-order valence-corrected chi connectivity index (χ3v) is 3.20. The van der Waals surface area contributed by atoms with Crippen molar-refractivity contribution in [2.24, 2.45) is 0 Å². The van der Waals surface area contributed by atoms with Crippen LogP contribution in [0.2, 0.25) is 0 Å². The molecule has 2 aromatic rings. The van der Waals surface area contributed by atoms with E-state index in [0.717, 1.165) is 11.0 Å². The Morgan fingerprint density at radius 2 is 1.89 bits per heavy atom. The molecule has 0 atom stereocenters. The molecule has 0 saturated carbocycles. The number of halogens is 1. The average molecular weight is 302 g/mol. The lowest BCUT2D eigenvalue weighted by Gasteiger charge is -2.07. The van der Waals surface area contributed by atoms with E-state index in [1.165, 1.54) is 16.8 Å². The molecule has 0 aromatic heterocycles. The normalized spacial score (nSPS) is 10.8. The maximum atomic E-state index is 3.47. The molecule has 1 N–H and O–H groups in total. The molecule has 0 fully saturated rings. The SMILES string of the molecule is Cc1cc(Br)ccc1NCC=Cc1ccccc1. The van der Waals surface area contributed by atoms with Gasteiger partial charge in [-0.1, -0.05) is 58.4 Å². The van der Waals surface area contributed by atoms with Crippen molar-refractivity contribution in [3.05, 3.63) is 70.2 Å². The molecule has 0 spiro atoms. The van der Waals surface area contributed by atoms with Crippen LogP contribution in [0.5, 0.6) is 0 Å². The van der Waals surface area contributed by atoms with Crippen LogP contribution in [0.25, 0.3) is 6.08 Å². The Balaban J connectivity index is 1.91. The molecular formula is C16H16BrN. The summed E-state index contributed by atoms with van der Waals surface area (Å²) in [6, 6.07) is 16.6. The van der Waals surface area contributed by atoms with E-state index in [0.29, 0.717) is 0 Å². The standard InChI is InChI=1S/C16H16BrN/c1-13-12-15(17)9-10-16(13)18-11-5-8-14-6-3-2-4-7-14/h2-10,12,18H,11H2,1H3. The van der Waals surface area contributed by atoms with Crippen LogP contribution in [-0.4, -0.2) is 6.54 Å². The molecule has 0 bridgehead atoms. The molecule has 1 nitrogen and oxygen atoms in total. The molecule has 0 radical (unpaired) electrons. The van der Waals surface area contributed by atoms with E-state index >= 15 is 0 Å². The van der Waals surface area contributed by atoms with Gasteiger partial charge in [-0.3, -0.25) is 0 Å². The Hall–Kier alpha value is -1.54. The fraction of sp³-hybridized carbons (Fsp3) is 0.125. The summed E-state index contributed by atoms with van der Waals surface area (Å²) in [5, 5.41) is 3.40. The van der Waals surface area contributed by atoms with Crippen LogP contribution in [0, 0.1) is 6.92 Å². The molecule has 0 aliphatic carbocycles. The minimum absolute atomic E-state index is 0.831. The minimum Gasteiger partial charge on any atom is -0.381 e. The summed E-state index contributed by atoms with van der Waals surface area (Å²) in [7, 11) is 0. The van der Waals surface area contributed by atoms with Gasteiger partial charge in [0.2, 0.25) is 0 Å². The number of nitrogens with one attached hydrogen (secondary N) is 1. The fourth-order valence-electron chi connectivity index (χ4n) is 1.75. The summed E-state index contributed by atoms with van der Waals surface area (Å²) in [6.07, 6.45) is 4.26. The fourth-order valence-corrected chi connectivity index (χ4v) is 2.23. The van der Waals surface area contributed by atoms with Gasteiger partial charge in [0.1, 0.15) is 0 Å². The molecular weight excluding hydrogens is 286 g/mol. The van der Waals surface area contributed by atoms with E-state index < -0.39 is 0 Å². The molecule has 2 rings (SSSR count). The van der Waals surface area contributed by atoms with Crippen molar-refractivity contribution in [3.63, 3.8) is 0 Å². The number of rotatable bonds is 4. The van der Waals surface area contributed by atoms with Gasteiger partial charge in [-0.25, -0.2) is 0 Å². The zero-order chi connectivity index (χ0) is 12.8. The van der Waals surface area contributed by atoms with Crippen molar-refractivity contribution in [2.75, 3.05) is 11.9 Å². The smallest absolute Gasteiger partial charge is 0.0373 e. The molecule has 0 aliphatic rings. The Morgan fingerprint density at radius 3 is 2.61 bits per heavy atom. The first-order valence-corrected chi connectivity index (χ1v) is 6.76. The molecule has 18 heavy (non-hydrogen) atoms. The monoisotopic (exact) mass is 301 g/mol. The van der Waals surface area contributed by atoms with Crippen LogP contribution in [0.15, 0.2) is 59.1 Å². The van der Waals surface area contributed by atoms with Crippen molar-refractivity contribution in [1.29, 1.82) is 0 Å². The third-order valence-electron chi connectivity index (χ3n) is 2.71. The summed E-state index contributed by atoms with van der Waals surface area (Å²) < 4.78 is 1.12. The highest BCUT2D eigenvalue weighted by Crippen LogP contribution is 2.19. The van der Waals surface area contributed by atoms with Gasteiger partial charge in [0.05, 0.1) is 0 Å². The third kappa shape index (κ3) is 3.74. The van der Waals surface area contributed by atoms with E-state index in [-0.39, 0.29) is 0 Å². The van der Waals surface area contributed by atoms with Crippen molar-refractivity contribution in [2.45, 2.75) is 6.92 Å². The molecule has 2 aromatic carbocycles. The number of anilines is 1. The van der Waals surface area contributed by atoms with Crippen molar-refractivity contribution < 1.29 is 0 Å².